The number of methoxy groups -OCH3 is 2. The molecule has 3 aromatic rings. The molecule has 1 aliphatic rings. The first kappa shape index (κ1) is 16.3. The molecule has 0 radical (unpaired) electrons. The second kappa shape index (κ2) is 6.29. The highest BCUT2D eigenvalue weighted by Crippen LogP contribution is 2.43. The first-order chi connectivity index (χ1) is 12.7. The van der Waals surface area contributed by atoms with Gasteiger partial charge in [-0.3, -0.25) is 4.79 Å². The Kier molecular flexibility index (Phi) is 3.95. The van der Waals surface area contributed by atoms with Crippen LogP contribution in [-0.2, 0) is 11.8 Å². The second-order valence-corrected chi connectivity index (χ2v) is 6.23. The van der Waals surface area contributed by atoms with Crippen LogP contribution >= 0.6 is 0 Å². The van der Waals surface area contributed by atoms with Gasteiger partial charge in [0.1, 0.15) is 17.2 Å². The number of hydrogen-bond donors (Lipinski definition) is 1. The van der Waals surface area contributed by atoms with Crippen molar-refractivity contribution in [2.45, 2.75) is 18.8 Å². The van der Waals surface area contributed by atoms with Crippen LogP contribution < -0.4 is 14.8 Å². The van der Waals surface area contributed by atoms with Crippen molar-refractivity contribution in [3.63, 3.8) is 0 Å². The third-order valence-corrected chi connectivity index (χ3v) is 4.58. The zero-order valence-corrected chi connectivity index (χ0v) is 14.8. The number of nitrogens with zero attached hydrogens (tertiary/aromatic N) is 4. The van der Waals surface area contributed by atoms with E-state index in [9.17, 15) is 4.79 Å². The molecule has 8 nitrogen and oxygen atoms in total. The summed E-state index contributed by atoms with van der Waals surface area (Å²) >= 11 is 0. The first-order valence-electron chi connectivity index (χ1n) is 8.32. The van der Waals surface area contributed by atoms with Crippen LogP contribution in [-0.4, -0.2) is 40.1 Å². The monoisotopic (exact) mass is 353 g/mol. The minimum atomic E-state index is 0.389. The zero-order chi connectivity index (χ0) is 18.3. The molecule has 0 spiro atoms. The van der Waals surface area contributed by atoms with E-state index in [1.54, 1.807) is 20.4 Å². The summed E-state index contributed by atoms with van der Waals surface area (Å²) in [4.78, 5) is 24.1. The molecule has 1 fully saturated rings. The van der Waals surface area contributed by atoms with Crippen LogP contribution in [0, 0.1) is 0 Å². The predicted molar refractivity (Wildman–Crippen MR) is 96.5 cm³/mol. The van der Waals surface area contributed by atoms with Gasteiger partial charge in [0.25, 0.3) is 0 Å². The molecule has 0 unspecified atom stereocenters. The molecular weight excluding hydrogens is 334 g/mol. The quantitative estimate of drug-likeness (QED) is 0.685. The van der Waals surface area contributed by atoms with Crippen LogP contribution in [0.25, 0.3) is 22.2 Å². The molecule has 8 heteroatoms. The van der Waals surface area contributed by atoms with Gasteiger partial charge in [0.2, 0.25) is 18.2 Å². The van der Waals surface area contributed by atoms with E-state index in [-0.39, 0.29) is 0 Å². The first-order valence-corrected chi connectivity index (χ1v) is 8.32. The molecule has 0 atom stereocenters. The normalized spacial score (nSPS) is 13.7. The van der Waals surface area contributed by atoms with Gasteiger partial charge < -0.3 is 19.4 Å². The lowest BCUT2D eigenvalue weighted by molar-refractivity contribution is -0.105. The maximum Gasteiger partial charge on any atom is 0.229 e. The summed E-state index contributed by atoms with van der Waals surface area (Å²) in [5, 5.41) is 3.49. The zero-order valence-electron chi connectivity index (χ0n) is 14.8. The van der Waals surface area contributed by atoms with Gasteiger partial charge in [-0.25, -0.2) is 4.98 Å². The SMILES string of the molecule is COc1nc(C2CC2)nc(OC)c1-c1cc2cc(NC=O)ncc2n1C. The van der Waals surface area contributed by atoms with Crippen molar-refractivity contribution in [3.8, 4) is 23.0 Å². The van der Waals surface area contributed by atoms with E-state index in [1.165, 1.54) is 0 Å². The van der Waals surface area contributed by atoms with Gasteiger partial charge in [-0.15, -0.1) is 0 Å². The molecule has 3 heterocycles. The minimum absolute atomic E-state index is 0.389. The second-order valence-electron chi connectivity index (χ2n) is 6.23. The van der Waals surface area contributed by atoms with Crippen molar-refractivity contribution in [1.82, 2.24) is 19.5 Å². The van der Waals surface area contributed by atoms with E-state index in [1.807, 2.05) is 23.7 Å². The van der Waals surface area contributed by atoms with Crippen LogP contribution in [0.15, 0.2) is 18.3 Å². The Balaban J connectivity index is 1.91. The molecule has 0 saturated heterocycles. The van der Waals surface area contributed by atoms with E-state index in [4.69, 9.17) is 9.47 Å². The molecule has 1 aliphatic carbocycles. The van der Waals surface area contributed by atoms with E-state index < -0.39 is 0 Å². The summed E-state index contributed by atoms with van der Waals surface area (Å²) in [6, 6.07) is 3.79. The Morgan fingerprint density at radius 2 is 1.88 bits per heavy atom. The Morgan fingerprint density at radius 1 is 1.19 bits per heavy atom. The van der Waals surface area contributed by atoms with Crippen molar-refractivity contribution >= 4 is 23.1 Å². The number of aromatic nitrogens is 4. The van der Waals surface area contributed by atoms with E-state index in [0.717, 1.165) is 35.3 Å². The standard InChI is InChI=1S/C18H19N5O3/c1-23-12(6-11-7-14(20-9-24)19-8-13(11)23)15-17(25-2)21-16(10-4-5-10)22-18(15)26-3/h6-10H,4-5H2,1-3H3,(H,19,20,24). The number of pyridine rings is 1. The number of carbonyl (C=O) groups excluding carboxylic acids is 1. The van der Waals surface area contributed by atoms with E-state index in [0.29, 0.717) is 35.5 Å². The number of nitrogens with one attached hydrogen (secondary N) is 1. The lowest BCUT2D eigenvalue weighted by atomic mass is 10.2. The fourth-order valence-corrected chi connectivity index (χ4v) is 3.09. The number of aryl methyl sites for hydroxylation is 1. The van der Waals surface area contributed by atoms with Crippen LogP contribution in [0.4, 0.5) is 5.82 Å². The van der Waals surface area contributed by atoms with Crippen LogP contribution in [0.5, 0.6) is 11.8 Å². The highest BCUT2D eigenvalue weighted by Gasteiger charge is 2.30. The number of anilines is 1. The van der Waals surface area contributed by atoms with E-state index in [2.05, 4.69) is 20.3 Å². The van der Waals surface area contributed by atoms with Gasteiger partial charge in [-0.1, -0.05) is 0 Å². The van der Waals surface area contributed by atoms with Crippen molar-refractivity contribution in [1.29, 1.82) is 0 Å². The minimum Gasteiger partial charge on any atom is -0.480 e. The number of rotatable bonds is 6. The van der Waals surface area contributed by atoms with Crippen molar-refractivity contribution in [2.75, 3.05) is 19.5 Å². The number of fused-ring (bicyclic) bond motifs is 1. The van der Waals surface area contributed by atoms with Crippen LogP contribution in [0.3, 0.4) is 0 Å². The molecular formula is C18H19N5O3. The molecule has 0 aromatic carbocycles. The summed E-state index contributed by atoms with van der Waals surface area (Å²) in [5.74, 6) is 2.62. The third-order valence-electron chi connectivity index (χ3n) is 4.58. The molecule has 1 amide bonds. The molecule has 3 aromatic heterocycles. The third kappa shape index (κ3) is 2.63. The molecule has 26 heavy (non-hydrogen) atoms. The van der Waals surface area contributed by atoms with E-state index >= 15 is 0 Å². The van der Waals surface area contributed by atoms with Gasteiger partial charge in [0.15, 0.2) is 0 Å². The predicted octanol–water partition coefficient (Wildman–Crippen LogP) is 2.49. The lowest BCUT2D eigenvalue weighted by Crippen LogP contribution is -2.05. The maximum atomic E-state index is 10.7. The number of carbonyl (C=O) groups is 1. The van der Waals surface area contributed by atoms with Crippen LogP contribution in [0.2, 0.25) is 0 Å². The molecule has 0 bridgehead atoms. The molecule has 0 aliphatic heterocycles. The fraction of sp³-hybridized carbons (Fsp3) is 0.333. The molecule has 1 saturated carbocycles. The summed E-state index contributed by atoms with van der Waals surface area (Å²) in [5.41, 5.74) is 2.45. The average Bonchev–Trinajstić information content (AvgIpc) is 3.46. The topological polar surface area (TPSA) is 91.2 Å². The largest absolute Gasteiger partial charge is 0.480 e. The Hall–Kier alpha value is -3.16. The summed E-state index contributed by atoms with van der Waals surface area (Å²) < 4.78 is 13.1. The Morgan fingerprint density at radius 3 is 2.46 bits per heavy atom. The molecule has 4 rings (SSSR count). The van der Waals surface area contributed by atoms with Crippen molar-refractivity contribution in [2.24, 2.45) is 7.05 Å². The summed E-state index contributed by atoms with van der Waals surface area (Å²) in [7, 11) is 5.12. The highest BCUT2D eigenvalue weighted by molar-refractivity contribution is 5.90. The number of amides is 1. The summed E-state index contributed by atoms with van der Waals surface area (Å²) in [6.07, 6.45) is 4.51. The number of hydrogen-bond acceptors (Lipinski definition) is 6. The smallest absolute Gasteiger partial charge is 0.229 e. The fourth-order valence-electron chi connectivity index (χ4n) is 3.09. The van der Waals surface area contributed by atoms with Crippen molar-refractivity contribution < 1.29 is 14.3 Å². The number of ether oxygens (including phenoxy) is 2. The Bertz CT molecular complexity index is 969. The highest BCUT2D eigenvalue weighted by atomic mass is 16.5. The van der Waals surface area contributed by atoms with Gasteiger partial charge in [-0.2, -0.15) is 9.97 Å². The lowest BCUT2D eigenvalue weighted by Gasteiger charge is -2.14. The van der Waals surface area contributed by atoms with Crippen LogP contribution in [0.1, 0.15) is 24.6 Å². The molecule has 134 valence electrons. The summed E-state index contributed by atoms with van der Waals surface area (Å²) in [6.45, 7) is 0. The maximum absolute atomic E-state index is 10.7. The van der Waals surface area contributed by atoms with Crippen molar-refractivity contribution in [3.05, 3.63) is 24.2 Å². The molecule has 1 N–H and O–H groups in total. The van der Waals surface area contributed by atoms with Gasteiger partial charge in [0.05, 0.1) is 31.6 Å². The van der Waals surface area contributed by atoms with Gasteiger partial charge >= 0.3 is 0 Å². The van der Waals surface area contributed by atoms with Gasteiger partial charge in [-0.05, 0) is 25.0 Å². The van der Waals surface area contributed by atoms with Gasteiger partial charge in [0, 0.05) is 18.4 Å². The Labute approximate surface area is 150 Å². The average molecular weight is 353 g/mol.